The van der Waals surface area contributed by atoms with Crippen molar-refractivity contribution in [2.45, 2.75) is 25.5 Å². The Labute approximate surface area is 107 Å². The van der Waals surface area contributed by atoms with Gasteiger partial charge in [0.15, 0.2) is 12.5 Å². The highest BCUT2D eigenvalue weighted by molar-refractivity contribution is 5.85. The Morgan fingerprint density at radius 3 is 2.61 bits per heavy atom. The number of methoxy groups -OCH3 is 1. The molecule has 2 rings (SSSR count). The molecule has 1 aliphatic heterocycles. The minimum Gasteiger partial charge on any atom is -0.472 e. The number of rotatable bonds is 3. The lowest BCUT2D eigenvalue weighted by atomic mass is 9.79. The topological polar surface area (TPSA) is 47.9 Å². The molecule has 1 heterocycles. The molecule has 96 valence electrons. The maximum Gasteiger partial charge on any atom is 0.338 e. The van der Waals surface area contributed by atoms with E-state index >= 15 is 0 Å². The standard InChI is InChI=1S/C14H17NO3/c1-10(2)14(13(16)17-3)12(18-9-15-14)11-7-5-4-6-8-11/h4-10,12H,1-3H3/t12-,14+/m1/s1. The third-order valence-electron chi connectivity index (χ3n) is 3.36. The van der Waals surface area contributed by atoms with E-state index in [0.29, 0.717) is 0 Å². The molecule has 0 saturated heterocycles. The molecule has 4 nitrogen and oxygen atoms in total. The summed E-state index contributed by atoms with van der Waals surface area (Å²) in [7, 11) is 1.38. The van der Waals surface area contributed by atoms with Crippen molar-refractivity contribution in [3.8, 4) is 0 Å². The Bertz CT molecular complexity index is 455. The number of aliphatic imine (C=N–C) groups is 1. The van der Waals surface area contributed by atoms with Gasteiger partial charge in [-0.05, 0) is 11.5 Å². The number of hydrogen-bond acceptors (Lipinski definition) is 4. The monoisotopic (exact) mass is 247 g/mol. The first-order valence-electron chi connectivity index (χ1n) is 5.95. The SMILES string of the molecule is COC(=O)[C@@]1(C(C)C)N=CO[C@@H]1c1ccccc1. The molecule has 2 atom stereocenters. The first-order chi connectivity index (χ1) is 8.63. The highest BCUT2D eigenvalue weighted by atomic mass is 16.5. The summed E-state index contributed by atoms with van der Waals surface area (Å²) in [5, 5.41) is 0. The molecule has 0 spiro atoms. The van der Waals surface area contributed by atoms with Gasteiger partial charge in [-0.2, -0.15) is 0 Å². The lowest BCUT2D eigenvalue weighted by Crippen LogP contribution is -2.46. The van der Waals surface area contributed by atoms with E-state index in [0.717, 1.165) is 5.56 Å². The van der Waals surface area contributed by atoms with Crippen molar-refractivity contribution in [1.29, 1.82) is 0 Å². The summed E-state index contributed by atoms with van der Waals surface area (Å²) in [6, 6.07) is 9.62. The molecule has 0 aromatic heterocycles. The molecule has 0 aliphatic carbocycles. The number of ether oxygens (including phenoxy) is 2. The molecular weight excluding hydrogens is 230 g/mol. The number of benzene rings is 1. The molecule has 0 radical (unpaired) electrons. The van der Waals surface area contributed by atoms with Crippen LogP contribution in [-0.4, -0.2) is 25.0 Å². The number of carbonyl (C=O) groups excluding carboxylic acids is 1. The molecule has 1 aromatic rings. The van der Waals surface area contributed by atoms with E-state index in [1.807, 2.05) is 44.2 Å². The van der Waals surface area contributed by atoms with E-state index in [1.165, 1.54) is 13.5 Å². The average molecular weight is 247 g/mol. The number of carbonyl (C=O) groups is 1. The van der Waals surface area contributed by atoms with Crippen LogP contribution in [0.3, 0.4) is 0 Å². The zero-order chi connectivity index (χ0) is 13.2. The highest BCUT2D eigenvalue weighted by Crippen LogP contribution is 2.42. The first-order valence-corrected chi connectivity index (χ1v) is 5.95. The summed E-state index contributed by atoms with van der Waals surface area (Å²) in [4.78, 5) is 16.4. The normalized spacial score (nSPS) is 26.1. The Kier molecular flexibility index (Phi) is 3.36. The van der Waals surface area contributed by atoms with Gasteiger partial charge < -0.3 is 9.47 Å². The summed E-state index contributed by atoms with van der Waals surface area (Å²) >= 11 is 0. The van der Waals surface area contributed by atoms with E-state index in [4.69, 9.17) is 9.47 Å². The van der Waals surface area contributed by atoms with Gasteiger partial charge in [0.1, 0.15) is 0 Å². The second-order valence-corrected chi connectivity index (χ2v) is 4.63. The molecule has 0 bridgehead atoms. The minimum absolute atomic E-state index is 0.0195. The van der Waals surface area contributed by atoms with Crippen LogP contribution in [-0.2, 0) is 14.3 Å². The van der Waals surface area contributed by atoms with Gasteiger partial charge in [-0.3, -0.25) is 0 Å². The van der Waals surface area contributed by atoms with Crippen molar-refractivity contribution in [2.75, 3.05) is 7.11 Å². The van der Waals surface area contributed by atoms with Crippen molar-refractivity contribution in [3.05, 3.63) is 35.9 Å². The molecule has 18 heavy (non-hydrogen) atoms. The van der Waals surface area contributed by atoms with Gasteiger partial charge in [-0.25, -0.2) is 9.79 Å². The van der Waals surface area contributed by atoms with Gasteiger partial charge in [0, 0.05) is 0 Å². The van der Waals surface area contributed by atoms with Crippen molar-refractivity contribution in [3.63, 3.8) is 0 Å². The molecule has 0 unspecified atom stereocenters. The maximum atomic E-state index is 12.1. The lowest BCUT2D eigenvalue weighted by Gasteiger charge is -2.32. The fraction of sp³-hybridized carbons (Fsp3) is 0.429. The van der Waals surface area contributed by atoms with Crippen molar-refractivity contribution in [2.24, 2.45) is 10.9 Å². The predicted molar refractivity (Wildman–Crippen MR) is 68.3 cm³/mol. The van der Waals surface area contributed by atoms with Crippen LogP contribution in [0.1, 0.15) is 25.5 Å². The van der Waals surface area contributed by atoms with Crippen LogP contribution in [0.4, 0.5) is 0 Å². The molecule has 0 N–H and O–H groups in total. The third-order valence-corrected chi connectivity index (χ3v) is 3.36. The van der Waals surface area contributed by atoms with Gasteiger partial charge in [0.25, 0.3) is 0 Å². The fourth-order valence-electron chi connectivity index (χ4n) is 2.32. The van der Waals surface area contributed by atoms with Crippen LogP contribution in [0, 0.1) is 5.92 Å². The fourth-order valence-corrected chi connectivity index (χ4v) is 2.32. The third kappa shape index (κ3) is 1.78. The van der Waals surface area contributed by atoms with Crippen molar-refractivity contribution < 1.29 is 14.3 Å². The summed E-state index contributed by atoms with van der Waals surface area (Å²) in [5.74, 6) is -0.381. The lowest BCUT2D eigenvalue weighted by molar-refractivity contribution is -0.152. The highest BCUT2D eigenvalue weighted by Gasteiger charge is 2.54. The van der Waals surface area contributed by atoms with Gasteiger partial charge >= 0.3 is 5.97 Å². The van der Waals surface area contributed by atoms with Gasteiger partial charge in [-0.15, -0.1) is 0 Å². The molecule has 0 amide bonds. The zero-order valence-corrected chi connectivity index (χ0v) is 10.8. The molecule has 0 fully saturated rings. The second-order valence-electron chi connectivity index (χ2n) is 4.63. The quantitative estimate of drug-likeness (QED) is 0.770. The molecule has 0 saturated carbocycles. The zero-order valence-electron chi connectivity index (χ0n) is 10.8. The number of esters is 1. The Balaban J connectivity index is 2.45. The van der Waals surface area contributed by atoms with Crippen LogP contribution in [0.2, 0.25) is 0 Å². The van der Waals surface area contributed by atoms with E-state index in [1.54, 1.807) is 0 Å². The van der Waals surface area contributed by atoms with Crippen molar-refractivity contribution >= 4 is 12.4 Å². The van der Waals surface area contributed by atoms with Crippen LogP contribution < -0.4 is 0 Å². The Morgan fingerprint density at radius 1 is 1.39 bits per heavy atom. The van der Waals surface area contributed by atoms with Crippen LogP contribution in [0.15, 0.2) is 35.3 Å². The van der Waals surface area contributed by atoms with E-state index in [2.05, 4.69) is 4.99 Å². The number of nitrogens with zero attached hydrogens (tertiary/aromatic N) is 1. The largest absolute Gasteiger partial charge is 0.472 e. The number of hydrogen-bond donors (Lipinski definition) is 0. The minimum atomic E-state index is -0.990. The van der Waals surface area contributed by atoms with Crippen molar-refractivity contribution in [1.82, 2.24) is 0 Å². The van der Waals surface area contributed by atoms with Crippen LogP contribution in [0.5, 0.6) is 0 Å². The van der Waals surface area contributed by atoms with Crippen LogP contribution in [0.25, 0.3) is 0 Å². The van der Waals surface area contributed by atoms with E-state index in [9.17, 15) is 4.79 Å². The van der Waals surface area contributed by atoms with Gasteiger partial charge in [0.05, 0.1) is 7.11 Å². The first kappa shape index (κ1) is 12.6. The smallest absolute Gasteiger partial charge is 0.338 e. The molecule has 4 heteroatoms. The predicted octanol–water partition coefficient (Wildman–Crippen LogP) is 2.35. The Morgan fingerprint density at radius 2 is 2.06 bits per heavy atom. The van der Waals surface area contributed by atoms with Gasteiger partial charge in [0.2, 0.25) is 5.54 Å². The maximum absolute atomic E-state index is 12.1. The van der Waals surface area contributed by atoms with E-state index in [-0.39, 0.29) is 11.9 Å². The summed E-state index contributed by atoms with van der Waals surface area (Å²) in [6.45, 7) is 3.89. The summed E-state index contributed by atoms with van der Waals surface area (Å²) in [5.41, 5.74) is -0.0649. The summed E-state index contributed by atoms with van der Waals surface area (Å²) < 4.78 is 10.5. The van der Waals surface area contributed by atoms with Crippen LogP contribution >= 0.6 is 0 Å². The molecular formula is C14H17NO3. The second kappa shape index (κ2) is 4.80. The summed E-state index contributed by atoms with van der Waals surface area (Å²) in [6.07, 6.45) is 0.931. The van der Waals surface area contributed by atoms with Gasteiger partial charge in [-0.1, -0.05) is 44.2 Å². The average Bonchev–Trinajstić information content (AvgIpc) is 2.84. The molecule has 1 aromatic carbocycles. The Hall–Kier alpha value is -1.84. The molecule has 1 aliphatic rings. The van der Waals surface area contributed by atoms with E-state index < -0.39 is 11.6 Å².